The molecule has 0 spiro atoms. The molecule has 0 aliphatic carbocycles. The number of halogens is 1. The van der Waals surface area contributed by atoms with Crippen LogP contribution in [-0.2, 0) is 20.7 Å². The topological polar surface area (TPSA) is 67.9 Å². The minimum atomic E-state index is -0.635. The lowest BCUT2D eigenvalue weighted by atomic mass is 9.87. The minimum absolute atomic E-state index is 0.0196. The lowest BCUT2D eigenvalue weighted by molar-refractivity contribution is -0.133. The summed E-state index contributed by atoms with van der Waals surface area (Å²) < 4.78 is 25.8. The summed E-state index contributed by atoms with van der Waals surface area (Å²) >= 11 is 0. The summed E-state index contributed by atoms with van der Waals surface area (Å²) in [7, 11) is 0. The van der Waals surface area contributed by atoms with Crippen molar-refractivity contribution >= 4 is 11.8 Å². The van der Waals surface area contributed by atoms with E-state index in [2.05, 4.69) is 5.32 Å². The molecule has 3 atom stereocenters. The van der Waals surface area contributed by atoms with E-state index in [1.165, 1.54) is 12.1 Å². The number of ether oxygens (including phenoxy) is 2. The number of fused-ring (bicyclic) bond motifs is 1. The quantitative estimate of drug-likeness (QED) is 0.632. The fourth-order valence-electron chi connectivity index (χ4n) is 4.79. The molecule has 2 aromatic carbocycles. The van der Waals surface area contributed by atoms with Crippen molar-refractivity contribution in [1.82, 2.24) is 10.2 Å². The van der Waals surface area contributed by atoms with E-state index in [9.17, 15) is 14.0 Å². The van der Waals surface area contributed by atoms with E-state index in [-0.39, 0.29) is 23.7 Å². The van der Waals surface area contributed by atoms with Gasteiger partial charge in [-0.3, -0.25) is 9.59 Å². The van der Waals surface area contributed by atoms with Gasteiger partial charge in [0.2, 0.25) is 5.91 Å². The van der Waals surface area contributed by atoms with Crippen LogP contribution in [0, 0.1) is 5.82 Å². The maximum absolute atomic E-state index is 14.1. The highest BCUT2D eigenvalue weighted by molar-refractivity contribution is 5.81. The Morgan fingerprint density at radius 1 is 1.24 bits per heavy atom. The Morgan fingerprint density at radius 2 is 2.09 bits per heavy atom. The minimum Gasteiger partial charge on any atom is -0.481 e. The Hall–Kier alpha value is -2.93. The van der Waals surface area contributed by atoms with Crippen molar-refractivity contribution in [3.63, 3.8) is 0 Å². The third-order valence-electron chi connectivity index (χ3n) is 6.60. The van der Waals surface area contributed by atoms with Gasteiger partial charge < -0.3 is 19.7 Å². The normalized spacial score (nSPS) is 20.5. The van der Waals surface area contributed by atoms with Crippen LogP contribution in [0.25, 0.3) is 0 Å². The lowest BCUT2D eigenvalue weighted by Gasteiger charge is -2.38. The second kappa shape index (κ2) is 11.0. The van der Waals surface area contributed by atoms with Gasteiger partial charge in [0.05, 0.1) is 12.1 Å². The maximum atomic E-state index is 14.1. The molecule has 182 valence electrons. The fraction of sp³-hybridized carbons (Fsp3) is 0.481. The van der Waals surface area contributed by atoms with E-state index in [0.717, 1.165) is 36.1 Å². The molecule has 1 fully saturated rings. The first-order valence-electron chi connectivity index (χ1n) is 12.2. The summed E-state index contributed by atoms with van der Waals surface area (Å²) in [5.74, 6) is 0.0753. The summed E-state index contributed by atoms with van der Waals surface area (Å²) in [6.07, 6.45) is 3.02. The molecular formula is C27H33FN2O4. The van der Waals surface area contributed by atoms with E-state index in [0.29, 0.717) is 38.1 Å². The van der Waals surface area contributed by atoms with Gasteiger partial charge in [-0.2, -0.15) is 0 Å². The molecular weight excluding hydrogens is 435 g/mol. The highest BCUT2D eigenvalue weighted by atomic mass is 19.1. The zero-order valence-corrected chi connectivity index (χ0v) is 19.9. The average molecular weight is 469 g/mol. The van der Waals surface area contributed by atoms with Gasteiger partial charge >= 0.3 is 0 Å². The van der Waals surface area contributed by atoms with Crippen molar-refractivity contribution in [1.29, 1.82) is 0 Å². The molecule has 2 aliphatic rings. The highest BCUT2D eigenvalue weighted by Crippen LogP contribution is 2.38. The average Bonchev–Trinajstić information content (AvgIpc) is 3.38. The molecule has 0 saturated carbocycles. The Balaban J connectivity index is 1.57. The SMILES string of the molecule is CCC(=O)N1CCc2ccc(O[C@H](CC)C(=O)NC[C@H]3CCCO3)cc2[C@H]1c1cccc(F)c1. The van der Waals surface area contributed by atoms with Crippen LogP contribution in [0.3, 0.4) is 0 Å². The number of nitrogens with one attached hydrogen (secondary N) is 1. The first kappa shape index (κ1) is 24.2. The molecule has 6 nitrogen and oxygen atoms in total. The predicted octanol–water partition coefficient (Wildman–Crippen LogP) is 4.16. The van der Waals surface area contributed by atoms with Gasteiger partial charge in [0, 0.05) is 26.1 Å². The van der Waals surface area contributed by atoms with Crippen LogP contribution >= 0.6 is 0 Å². The second-order valence-electron chi connectivity index (χ2n) is 8.90. The molecule has 0 aromatic heterocycles. The van der Waals surface area contributed by atoms with E-state index in [1.807, 2.05) is 43.0 Å². The molecule has 7 heteroatoms. The second-order valence-corrected chi connectivity index (χ2v) is 8.90. The molecule has 2 aliphatic heterocycles. The molecule has 2 amide bonds. The van der Waals surface area contributed by atoms with Crippen LogP contribution in [0.5, 0.6) is 5.75 Å². The maximum Gasteiger partial charge on any atom is 0.261 e. The molecule has 0 bridgehead atoms. The van der Waals surface area contributed by atoms with Crippen molar-refractivity contribution in [3.8, 4) is 5.75 Å². The smallest absolute Gasteiger partial charge is 0.261 e. The molecule has 0 unspecified atom stereocenters. The van der Waals surface area contributed by atoms with Gasteiger partial charge in [0.25, 0.3) is 5.91 Å². The predicted molar refractivity (Wildman–Crippen MR) is 127 cm³/mol. The summed E-state index contributed by atoms with van der Waals surface area (Å²) in [5, 5.41) is 2.95. The van der Waals surface area contributed by atoms with Gasteiger partial charge in [0.1, 0.15) is 11.6 Å². The summed E-state index contributed by atoms with van der Waals surface area (Å²) in [4.78, 5) is 27.3. The number of hydrogen-bond donors (Lipinski definition) is 1. The van der Waals surface area contributed by atoms with E-state index in [4.69, 9.17) is 9.47 Å². The van der Waals surface area contributed by atoms with Gasteiger partial charge in [-0.25, -0.2) is 4.39 Å². The van der Waals surface area contributed by atoms with Gasteiger partial charge in [-0.1, -0.05) is 32.0 Å². The Morgan fingerprint density at radius 3 is 2.79 bits per heavy atom. The third kappa shape index (κ3) is 5.41. The molecule has 0 radical (unpaired) electrons. The van der Waals surface area contributed by atoms with Crippen LogP contribution in [0.1, 0.15) is 62.3 Å². The number of benzene rings is 2. The van der Waals surface area contributed by atoms with E-state index >= 15 is 0 Å². The highest BCUT2D eigenvalue weighted by Gasteiger charge is 2.32. The monoisotopic (exact) mass is 468 g/mol. The lowest BCUT2D eigenvalue weighted by Crippen LogP contribution is -2.41. The number of nitrogens with zero attached hydrogens (tertiary/aromatic N) is 1. The van der Waals surface area contributed by atoms with Crippen LogP contribution < -0.4 is 10.1 Å². The van der Waals surface area contributed by atoms with Crippen molar-refractivity contribution in [2.24, 2.45) is 0 Å². The van der Waals surface area contributed by atoms with Crippen molar-refractivity contribution in [2.75, 3.05) is 19.7 Å². The van der Waals surface area contributed by atoms with Gasteiger partial charge in [-0.05, 0) is 66.6 Å². The third-order valence-corrected chi connectivity index (χ3v) is 6.60. The number of carbonyl (C=O) groups is 2. The van der Waals surface area contributed by atoms with Crippen molar-refractivity contribution < 1.29 is 23.5 Å². The van der Waals surface area contributed by atoms with Crippen LogP contribution in [-0.4, -0.2) is 48.6 Å². The van der Waals surface area contributed by atoms with Crippen molar-refractivity contribution in [3.05, 3.63) is 65.0 Å². The number of hydrogen-bond acceptors (Lipinski definition) is 4. The Kier molecular flexibility index (Phi) is 7.83. The number of amides is 2. The first-order chi connectivity index (χ1) is 16.5. The van der Waals surface area contributed by atoms with Crippen LogP contribution in [0.2, 0.25) is 0 Å². The standard InChI is InChI=1S/C27H33FN2O4/c1-3-24(27(32)29-17-22-9-6-14-33-22)34-21-11-10-18-12-13-30(25(31)4-2)26(23(18)16-21)19-7-5-8-20(28)15-19/h5,7-8,10-11,15-16,22,24,26H,3-4,6,9,12-14,17H2,1-2H3,(H,29,32)/t22-,24-,26-/m1/s1. The van der Waals surface area contributed by atoms with Crippen LogP contribution in [0.15, 0.2) is 42.5 Å². The van der Waals surface area contributed by atoms with E-state index < -0.39 is 12.1 Å². The summed E-state index contributed by atoms with van der Waals surface area (Å²) in [5.41, 5.74) is 2.73. The van der Waals surface area contributed by atoms with E-state index in [1.54, 1.807) is 6.07 Å². The Bertz CT molecular complexity index is 1020. The molecule has 1 N–H and O–H groups in total. The zero-order chi connectivity index (χ0) is 24.1. The van der Waals surface area contributed by atoms with Crippen molar-refractivity contribution in [2.45, 2.75) is 64.2 Å². The van der Waals surface area contributed by atoms with Gasteiger partial charge in [-0.15, -0.1) is 0 Å². The first-order valence-corrected chi connectivity index (χ1v) is 12.2. The molecule has 2 heterocycles. The van der Waals surface area contributed by atoms with Crippen LogP contribution in [0.4, 0.5) is 4.39 Å². The summed E-state index contributed by atoms with van der Waals surface area (Å²) in [6, 6.07) is 11.8. The Labute approximate surface area is 200 Å². The van der Waals surface area contributed by atoms with Gasteiger partial charge in [0.15, 0.2) is 6.10 Å². The summed E-state index contributed by atoms with van der Waals surface area (Å²) in [6.45, 7) is 5.54. The molecule has 34 heavy (non-hydrogen) atoms. The zero-order valence-electron chi connectivity index (χ0n) is 19.9. The molecule has 4 rings (SSSR count). The number of rotatable bonds is 8. The molecule has 2 aromatic rings. The largest absolute Gasteiger partial charge is 0.481 e. The molecule has 1 saturated heterocycles. The number of carbonyl (C=O) groups excluding carboxylic acids is 2. The fourth-order valence-corrected chi connectivity index (χ4v) is 4.79.